The zero-order valence-electron chi connectivity index (χ0n) is 14.0. The summed E-state index contributed by atoms with van der Waals surface area (Å²) in [5.41, 5.74) is 5.92. The molecule has 3 amide bonds. The van der Waals surface area contributed by atoms with Gasteiger partial charge in [-0.15, -0.1) is 23.1 Å². The van der Waals surface area contributed by atoms with E-state index in [1.54, 1.807) is 31.4 Å². The van der Waals surface area contributed by atoms with Crippen LogP contribution in [0.4, 0.5) is 0 Å². The normalized spacial score (nSPS) is 30.1. The molecule has 2 unspecified atom stereocenters. The van der Waals surface area contributed by atoms with E-state index in [1.807, 2.05) is 0 Å². The Morgan fingerprint density at radius 1 is 1.46 bits per heavy atom. The van der Waals surface area contributed by atoms with E-state index in [2.05, 4.69) is 10.6 Å². The second kappa shape index (κ2) is 6.25. The van der Waals surface area contributed by atoms with Gasteiger partial charge < -0.3 is 21.5 Å². The Hall–Kier alpha value is -2.11. The lowest BCUT2D eigenvalue weighted by atomic mass is 9.92. The average molecular weight is 398 g/mol. The molecular weight excluding hydrogens is 380 g/mol. The number of nitrogens with one attached hydrogen (secondary N) is 2. The molecule has 11 heteroatoms. The quantitative estimate of drug-likeness (QED) is 0.372. The summed E-state index contributed by atoms with van der Waals surface area (Å²) in [6, 6.07) is 0.272. The molecule has 140 valence electrons. The molecule has 5 N–H and O–H groups in total. The van der Waals surface area contributed by atoms with Crippen LogP contribution in [0.1, 0.15) is 24.8 Å². The number of aliphatic carboxylic acids is 1. The summed E-state index contributed by atoms with van der Waals surface area (Å²) in [6.07, 6.45) is 0.394. The Kier molecular flexibility index (Phi) is 4.49. The summed E-state index contributed by atoms with van der Waals surface area (Å²) < 4.78 is -0.868. The molecule has 1 aromatic heterocycles. The molecular formula is C15H18N4O5S2. The first-order valence-electron chi connectivity index (χ1n) is 7.72. The van der Waals surface area contributed by atoms with Gasteiger partial charge in [-0.05, 0) is 25.3 Å². The summed E-state index contributed by atoms with van der Waals surface area (Å²) in [5, 5.41) is 16.4. The number of amides is 3. The number of hydrogen-bond acceptors (Lipinski definition) is 7. The van der Waals surface area contributed by atoms with Gasteiger partial charge in [-0.1, -0.05) is 6.07 Å². The maximum Gasteiger partial charge on any atom is 0.327 e. The molecule has 2 aliphatic heterocycles. The smallest absolute Gasteiger partial charge is 0.327 e. The van der Waals surface area contributed by atoms with Crippen molar-refractivity contribution in [2.75, 3.05) is 0 Å². The van der Waals surface area contributed by atoms with Gasteiger partial charge in [-0.25, -0.2) is 4.79 Å². The van der Waals surface area contributed by atoms with Gasteiger partial charge in [0, 0.05) is 9.62 Å². The summed E-state index contributed by atoms with van der Waals surface area (Å²) in [4.78, 5) is 48.3. The number of carbonyl (C=O) groups excluding carboxylic acids is 3. The molecule has 3 heterocycles. The van der Waals surface area contributed by atoms with E-state index < -0.39 is 45.7 Å². The number of fused-ring (bicyclic) bond motifs is 1. The minimum absolute atomic E-state index is 0.394. The highest BCUT2D eigenvalue weighted by molar-refractivity contribution is 8.02. The largest absolute Gasteiger partial charge is 0.480 e. The molecule has 0 aromatic carbocycles. The fraction of sp³-hybridized carbons (Fsp3) is 0.467. The topological polar surface area (TPSA) is 142 Å². The fourth-order valence-corrected chi connectivity index (χ4v) is 5.92. The van der Waals surface area contributed by atoms with Gasteiger partial charge >= 0.3 is 5.97 Å². The molecule has 9 nitrogen and oxygen atoms in total. The second-order valence-corrected chi connectivity index (χ2v) is 9.41. The molecule has 0 spiro atoms. The molecule has 0 bridgehead atoms. The summed E-state index contributed by atoms with van der Waals surface area (Å²) in [5.74, 6) is -2.32. The van der Waals surface area contributed by atoms with Crippen LogP contribution in [0.5, 0.6) is 0 Å². The lowest BCUT2D eigenvalue weighted by Gasteiger charge is -2.52. The van der Waals surface area contributed by atoms with Crippen LogP contribution in [0.25, 0.3) is 0 Å². The minimum atomic E-state index is -1.35. The van der Waals surface area contributed by atoms with Crippen LogP contribution in [0.3, 0.4) is 0 Å². The Labute approximate surface area is 157 Å². The first-order valence-corrected chi connectivity index (χ1v) is 9.42. The molecule has 26 heavy (non-hydrogen) atoms. The fourth-order valence-electron chi connectivity index (χ4n) is 3.40. The van der Waals surface area contributed by atoms with Crippen molar-refractivity contribution < 1.29 is 24.3 Å². The van der Waals surface area contributed by atoms with Crippen LogP contribution >= 0.6 is 23.1 Å². The van der Waals surface area contributed by atoms with E-state index >= 15 is 0 Å². The van der Waals surface area contributed by atoms with Crippen molar-refractivity contribution in [2.24, 2.45) is 5.73 Å². The Bertz CT molecular complexity index is 768. The van der Waals surface area contributed by atoms with Gasteiger partial charge in [-0.2, -0.15) is 0 Å². The van der Waals surface area contributed by atoms with Crippen LogP contribution in [-0.4, -0.2) is 56.0 Å². The number of hydrogen-bond donors (Lipinski definition) is 4. The SMILES string of the molecule is CC1(C)SC2(NC=O)[C@H](NC(=O)C(N)c3cccs3)C(=O)N2[C@H]1C(=O)O. The number of thioether (sulfide) groups is 1. The number of rotatable bonds is 6. The number of β-lactam (4-membered cyclic amide) rings is 1. The van der Waals surface area contributed by atoms with Crippen molar-refractivity contribution in [3.05, 3.63) is 22.4 Å². The molecule has 0 aliphatic carbocycles. The molecule has 2 saturated heterocycles. The third kappa shape index (κ3) is 2.58. The third-order valence-electron chi connectivity index (χ3n) is 4.49. The Morgan fingerprint density at radius 3 is 2.69 bits per heavy atom. The van der Waals surface area contributed by atoms with E-state index in [9.17, 15) is 24.3 Å². The number of nitrogens with two attached hydrogens (primary N) is 1. The number of carboxylic acids is 1. The maximum atomic E-state index is 12.6. The molecule has 2 fully saturated rings. The molecule has 0 saturated carbocycles. The van der Waals surface area contributed by atoms with Crippen molar-refractivity contribution in [2.45, 2.75) is 41.7 Å². The Morgan fingerprint density at radius 2 is 2.15 bits per heavy atom. The summed E-state index contributed by atoms with van der Waals surface area (Å²) in [6.45, 7) is 3.35. The molecule has 2 aliphatic rings. The maximum absolute atomic E-state index is 12.6. The first kappa shape index (κ1) is 18.7. The van der Waals surface area contributed by atoms with Gasteiger partial charge in [0.1, 0.15) is 12.1 Å². The highest BCUT2D eigenvalue weighted by atomic mass is 32.2. The van der Waals surface area contributed by atoms with Gasteiger partial charge in [-0.3, -0.25) is 19.3 Å². The molecule has 0 radical (unpaired) electrons. The monoisotopic (exact) mass is 398 g/mol. The number of nitrogens with zero attached hydrogens (tertiary/aromatic N) is 1. The van der Waals surface area contributed by atoms with E-state index in [0.717, 1.165) is 16.7 Å². The molecule has 4 atom stereocenters. The predicted molar refractivity (Wildman–Crippen MR) is 95.0 cm³/mol. The van der Waals surface area contributed by atoms with Gasteiger partial charge in [0.15, 0.2) is 11.0 Å². The van der Waals surface area contributed by atoms with Crippen LogP contribution in [0, 0.1) is 0 Å². The van der Waals surface area contributed by atoms with Crippen LogP contribution < -0.4 is 16.4 Å². The van der Waals surface area contributed by atoms with E-state index in [0.29, 0.717) is 11.3 Å². The van der Waals surface area contributed by atoms with Crippen molar-refractivity contribution in [1.29, 1.82) is 0 Å². The van der Waals surface area contributed by atoms with Gasteiger partial charge in [0.05, 0.1) is 0 Å². The number of carboxylic acid groups (broad SMARTS) is 1. The van der Waals surface area contributed by atoms with Crippen LogP contribution in [0.2, 0.25) is 0 Å². The summed E-state index contributed by atoms with van der Waals surface area (Å²) in [7, 11) is 0. The van der Waals surface area contributed by atoms with Crippen molar-refractivity contribution in [1.82, 2.24) is 15.5 Å². The minimum Gasteiger partial charge on any atom is -0.480 e. The number of thiophene rings is 1. The van der Waals surface area contributed by atoms with Gasteiger partial charge in [0.25, 0.3) is 5.91 Å². The first-order chi connectivity index (χ1) is 12.2. The molecule has 1 aromatic rings. The standard InChI is InChI=1S/C15H18N4O5S2/c1-14(2)10(13(23)24)19-12(22)9(15(19,26-14)17-6-20)18-11(21)8(16)7-4-3-5-25-7/h3-6,8-10H,16H2,1-2H3,(H,17,20)(H,18,21)(H,23,24)/t8?,9-,10+,15?/m1/s1. The van der Waals surface area contributed by atoms with Crippen LogP contribution in [0.15, 0.2) is 17.5 Å². The van der Waals surface area contributed by atoms with Gasteiger partial charge in [0.2, 0.25) is 12.3 Å². The third-order valence-corrected chi connectivity index (χ3v) is 7.05. The van der Waals surface area contributed by atoms with Crippen molar-refractivity contribution in [3.63, 3.8) is 0 Å². The predicted octanol–water partition coefficient (Wildman–Crippen LogP) is -0.547. The van der Waals surface area contributed by atoms with Crippen LogP contribution in [-0.2, 0) is 19.2 Å². The second-order valence-electron chi connectivity index (χ2n) is 6.55. The zero-order chi connectivity index (χ0) is 19.3. The lowest BCUT2D eigenvalue weighted by molar-refractivity contribution is -0.171. The Balaban J connectivity index is 1.87. The van der Waals surface area contributed by atoms with Crippen molar-refractivity contribution >= 4 is 47.3 Å². The van der Waals surface area contributed by atoms with E-state index in [-0.39, 0.29) is 0 Å². The summed E-state index contributed by atoms with van der Waals surface area (Å²) >= 11 is 2.43. The number of carbonyl (C=O) groups is 4. The zero-order valence-corrected chi connectivity index (χ0v) is 15.6. The molecule has 3 rings (SSSR count). The van der Waals surface area contributed by atoms with E-state index in [4.69, 9.17) is 5.73 Å². The highest BCUT2D eigenvalue weighted by Crippen LogP contribution is 2.56. The average Bonchev–Trinajstić information content (AvgIpc) is 3.15. The van der Waals surface area contributed by atoms with E-state index in [1.165, 1.54) is 11.3 Å². The van der Waals surface area contributed by atoms with Crippen molar-refractivity contribution in [3.8, 4) is 0 Å². The lowest BCUT2D eigenvalue weighted by Crippen LogP contribution is -2.82. The highest BCUT2D eigenvalue weighted by Gasteiger charge is 2.74.